The van der Waals surface area contributed by atoms with Gasteiger partial charge in [0.05, 0.1) is 11.8 Å². The van der Waals surface area contributed by atoms with Crippen LogP contribution in [0.1, 0.15) is 156 Å². The average Bonchev–Trinajstić information content (AvgIpc) is 2.81. The van der Waals surface area contributed by atoms with Crippen molar-refractivity contribution in [1.82, 2.24) is 0 Å². The third-order valence-electron chi connectivity index (χ3n) is 7.61. The minimum atomic E-state index is -0.835. The molecule has 0 radical (unpaired) electrons. The first-order valence-corrected chi connectivity index (χ1v) is 14.9. The summed E-state index contributed by atoms with van der Waals surface area (Å²) in [4.78, 5) is 24.5. The van der Waals surface area contributed by atoms with Crippen LogP contribution in [-0.2, 0) is 14.3 Å². The fraction of sp³-hybridized carbons (Fsp3) is 0.933. The summed E-state index contributed by atoms with van der Waals surface area (Å²) in [5.74, 6) is -1.26. The minimum Gasteiger partial charge on any atom is -0.481 e. The van der Waals surface area contributed by atoms with Crippen LogP contribution in [0.25, 0.3) is 0 Å². The maximum Gasteiger partial charge on any atom is 0.310 e. The van der Waals surface area contributed by atoms with Crippen molar-refractivity contribution in [2.45, 2.75) is 162 Å². The van der Waals surface area contributed by atoms with E-state index in [9.17, 15) is 14.7 Å². The summed E-state index contributed by atoms with van der Waals surface area (Å²) >= 11 is 0. The number of hydrogen-bond acceptors (Lipinski definition) is 3. The van der Waals surface area contributed by atoms with Gasteiger partial charge in [-0.1, -0.05) is 117 Å². The molecule has 3 atom stereocenters. The summed E-state index contributed by atoms with van der Waals surface area (Å²) in [6, 6.07) is 0. The molecule has 1 aliphatic carbocycles. The highest BCUT2D eigenvalue weighted by Gasteiger charge is 2.37. The lowest BCUT2D eigenvalue weighted by Crippen LogP contribution is -2.35. The molecule has 34 heavy (non-hydrogen) atoms. The molecule has 0 aromatic rings. The molecule has 4 heteroatoms. The van der Waals surface area contributed by atoms with Crippen LogP contribution in [-0.4, -0.2) is 23.1 Å². The van der Waals surface area contributed by atoms with Gasteiger partial charge in [-0.05, 0) is 44.4 Å². The second kappa shape index (κ2) is 20.2. The van der Waals surface area contributed by atoms with Crippen LogP contribution in [0.4, 0.5) is 0 Å². The highest BCUT2D eigenvalue weighted by atomic mass is 16.5. The van der Waals surface area contributed by atoms with Gasteiger partial charge in [-0.15, -0.1) is 0 Å². The van der Waals surface area contributed by atoms with Crippen molar-refractivity contribution >= 4 is 11.9 Å². The molecule has 1 saturated carbocycles. The Balaban J connectivity index is 2.35. The van der Waals surface area contributed by atoms with Crippen LogP contribution in [0, 0.1) is 17.8 Å². The normalized spacial score (nSPS) is 19.3. The molecule has 0 aliphatic heterocycles. The molecule has 0 spiro atoms. The zero-order valence-corrected chi connectivity index (χ0v) is 22.8. The van der Waals surface area contributed by atoms with Crippen molar-refractivity contribution in [3.63, 3.8) is 0 Å². The van der Waals surface area contributed by atoms with Crippen molar-refractivity contribution in [3.05, 3.63) is 0 Å². The molecule has 0 heterocycles. The van der Waals surface area contributed by atoms with Crippen LogP contribution < -0.4 is 0 Å². The zero-order chi connectivity index (χ0) is 25.0. The van der Waals surface area contributed by atoms with Gasteiger partial charge in [0.1, 0.15) is 6.10 Å². The van der Waals surface area contributed by atoms with Gasteiger partial charge in [0.15, 0.2) is 0 Å². The van der Waals surface area contributed by atoms with E-state index in [0.717, 1.165) is 44.4 Å². The Morgan fingerprint density at radius 1 is 0.706 bits per heavy atom. The molecular formula is C30H56O4. The fourth-order valence-electron chi connectivity index (χ4n) is 5.36. The number of hydrogen-bond donors (Lipinski definition) is 1. The first-order chi connectivity index (χ1) is 16.5. The molecule has 0 aromatic carbocycles. The number of unbranched alkanes of at least 4 members (excludes halogenated alkanes) is 12. The minimum absolute atomic E-state index is 0.0360. The summed E-state index contributed by atoms with van der Waals surface area (Å²) < 4.78 is 5.99. The van der Waals surface area contributed by atoms with Gasteiger partial charge in [0.25, 0.3) is 0 Å². The van der Waals surface area contributed by atoms with Gasteiger partial charge in [-0.25, -0.2) is 0 Å². The van der Waals surface area contributed by atoms with Gasteiger partial charge in [0.2, 0.25) is 0 Å². The molecule has 1 N–H and O–H groups in total. The lowest BCUT2D eigenvalue weighted by molar-refractivity contribution is -0.164. The first-order valence-electron chi connectivity index (χ1n) is 14.9. The van der Waals surface area contributed by atoms with E-state index in [1.165, 1.54) is 83.5 Å². The summed E-state index contributed by atoms with van der Waals surface area (Å²) in [6.07, 6.45) is 24.0. The molecule has 3 unspecified atom stereocenters. The summed E-state index contributed by atoms with van der Waals surface area (Å²) in [5.41, 5.74) is 0. The van der Waals surface area contributed by atoms with Gasteiger partial charge in [-0.3, -0.25) is 9.59 Å². The Labute approximate surface area is 211 Å². The zero-order valence-electron chi connectivity index (χ0n) is 22.8. The van der Waals surface area contributed by atoms with E-state index < -0.39 is 17.8 Å². The number of esters is 1. The van der Waals surface area contributed by atoms with Crippen LogP contribution in [0.3, 0.4) is 0 Å². The Morgan fingerprint density at radius 2 is 1.15 bits per heavy atom. The van der Waals surface area contributed by atoms with Crippen LogP contribution in [0.15, 0.2) is 0 Å². The van der Waals surface area contributed by atoms with Crippen molar-refractivity contribution in [2.75, 3.05) is 0 Å². The van der Waals surface area contributed by atoms with Crippen molar-refractivity contribution in [2.24, 2.45) is 17.8 Å². The van der Waals surface area contributed by atoms with Crippen molar-refractivity contribution in [1.29, 1.82) is 0 Å². The Hall–Kier alpha value is -1.06. The second-order valence-corrected chi connectivity index (χ2v) is 11.3. The van der Waals surface area contributed by atoms with Gasteiger partial charge < -0.3 is 9.84 Å². The molecule has 1 fully saturated rings. The van der Waals surface area contributed by atoms with E-state index >= 15 is 0 Å². The van der Waals surface area contributed by atoms with Crippen molar-refractivity contribution < 1.29 is 19.4 Å². The number of ether oxygens (including phenoxy) is 1. The monoisotopic (exact) mass is 480 g/mol. The average molecular weight is 481 g/mol. The van der Waals surface area contributed by atoms with E-state index in [2.05, 4.69) is 20.8 Å². The quantitative estimate of drug-likeness (QED) is 0.131. The number of rotatable bonds is 21. The molecule has 0 amide bonds. The van der Waals surface area contributed by atoms with Crippen LogP contribution in [0.2, 0.25) is 0 Å². The topological polar surface area (TPSA) is 63.6 Å². The predicted molar refractivity (Wildman–Crippen MR) is 142 cm³/mol. The lowest BCUT2D eigenvalue weighted by atomic mass is 9.79. The Bertz CT molecular complexity index is 516. The highest BCUT2D eigenvalue weighted by molar-refractivity contribution is 5.81. The number of carbonyl (C=O) groups excluding carboxylic acids is 1. The Kier molecular flexibility index (Phi) is 18.4. The first kappa shape index (κ1) is 31.0. The molecule has 1 aliphatic rings. The molecule has 4 nitrogen and oxygen atoms in total. The third-order valence-corrected chi connectivity index (χ3v) is 7.61. The number of carboxylic acids is 1. The maximum absolute atomic E-state index is 12.9. The van der Waals surface area contributed by atoms with E-state index in [1.54, 1.807) is 0 Å². The van der Waals surface area contributed by atoms with Crippen LogP contribution in [0.5, 0.6) is 0 Å². The third kappa shape index (κ3) is 15.0. The number of carboxylic acid groups (broad SMARTS) is 1. The van der Waals surface area contributed by atoms with E-state index in [0.29, 0.717) is 12.8 Å². The molecular weight excluding hydrogens is 424 g/mol. The largest absolute Gasteiger partial charge is 0.481 e. The summed E-state index contributed by atoms with van der Waals surface area (Å²) in [6.45, 7) is 6.84. The van der Waals surface area contributed by atoms with Gasteiger partial charge in [0, 0.05) is 0 Å². The fourth-order valence-corrected chi connectivity index (χ4v) is 5.36. The van der Waals surface area contributed by atoms with E-state index in [-0.39, 0.29) is 12.1 Å². The number of aliphatic carboxylic acids is 1. The van der Waals surface area contributed by atoms with Crippen molar-refractivity contribution in [3.8, 4) is 0 Å². The summed E-state index contributed by atoms with van der Waals surface area (Å²) in [5, 5.41) is 9.54. The predicted octanol–water partition coefficient (Wildman–Crippen LogP) is 9.10. The molecule has 1 rings (SSSR count). The second-order valence-electron chi connectivity index (χ2n) is 11.3. The molecule has 0 saturated heterocycles. The van der Waals surface area contributed by atoms with Gasteiger partial charge >= 0.3 is 11.9 Å². The summed E-state index contributed by atoms with van der Waals surface area (Å²) in [7, 11) is 0. The van der Waals surface area contributed by atoms with E-state index in [1.807, 2.05) is 0 Å². The lowest BCUT2D eigenvalue weighted by Gasteiger charge is -2.29. The highest BCUT2D eigenvalue weighted by Crippen LogP contribution is 2.32. The Morgan fingerprint density at radius 3 is 1.62 bits per heavy atom. The molecule has 0 aromatic heterocycles. The molecule has 200 valence electrons. The smallest absolute Gasteiger partial charge is 0.310 e. The molecule has 0 bridgehead atoms. The standard InChI is InChI=1S/C30H56O4/c1-4-5-6-7-13-16-21-26(22-17-14-11-9-8-10-12-15-20-25(2)3)34-30(33)28-24-19-18-23-27(28)29(31)32/h25-28H,4-24H2,1-3H3,(H,31,32). The maximum atomic E-state index is 12.9. The van der Waals surface area contributed by atoms with Crippen LogP contribution >= 0.6 is 0 Å². The number of carbonyl (C=O) groups is 2. The van der Waals surface area contributed by atoms with E-state index in [4.69, 9.17) is 4.74 Å². The van der Waals surface area contributed by atoms with Gasteiger partial charge in [-0.2, -0.15) is 0 Å². The SMILES string of the molecule is CCCCCCCCC(CCCCCCCCCCC(C)C)OC(=O)C1CCCCC1C(=O)O.